The molecule has 3 rings (SSSR count). The zero-order valence-corrected chi connectivity index (χ0v) is 9.35. The molecule has 15 heavy (non-hydrogen) atoms. The summed E-state index contributed by atoms with van der Waals surface area (Å²) >= 11 is 3.39. The van der Waals surface area contributed by atoms with Gasteiger partial charge in [0.05, 0.1) is 12.4 Å². The van der Waals surface area contributed by atoms with E-state index in [1.807, 2.05) is 18.2 Å². The third kappa shape index (κ3) is 1.08. The first-order valence-electron chi connectivity index (χ1n) is 4.48. The van der Waals surface area contributed by atoms with Crippen molar-refractivity contribution in [3.05, 3.63) is 47.6 Å². The Morgan fingerprint density at radius 1 is 1.40 bits per heavy atom. The van der Waals surface area contributed by atoms with Gasteiger partial charge in [-0.3, -0.25) is 4.99 Å². The summed E-state index contributed by atoms with van der Waals surface area (Å²) in [6.45, 7) is 0. The van der Waals surface area contributed by atoms with E-state index in [1.54, 1.807) is 18.6 Å². The van der Waals surface area contributed by atoms with Crippen LogP contribution in [-0.4, -0.2) is 15.6 Å². The number of fused-ring (bicyclic) bond motifs is 1. The van der Waals surface area contributed by atoms with E-state index >= 15 is 0 Å². The highest BCUT2D eigenvalue weighted by Crippen LogP contribution is 2.35. The molecule has 0 radical (unpaired) electrons. The van der Waals surface area contributed by atoms with Gasteiger partial charge < -0.3 is 0 Å². The van der Waals surface area contributed by atoms with Crippen molar-refractivity contribution in [2.75, 3.05) is 0 Å². The molecule has 74 valence electrons. The highest BCUT2D eigenvalue weighted by Gasteiger charge is 2.42. The van der Waals surface area contributed by atoms with Crippen LogP contribution in [0.2, 0.25) is 0 Å². The lowest BCUT2D eigenvalue weighted by Gasteiger charge is -2.23. The summed E-state index contributed by atoms with van der Waals surface area (Å²) in [5.41, 5.74) is 2.87. The van der Waals surface area contributed by atoms with Crippen LogP contribution < -0.4 is 5.84 Å². The average Bonchev–Trinajstić information content (AvgIpc) is 2.38. The highest BCUT2D eigenvalue weighted by atomic mass is 79.9. The topological polar surface area (TPSA) is 50.7 Å². The molecule has 0 bridgehead atoms. The maximum absolute atomic E-state index is 6.19. The predicted octanol–water partition coefficient (Wildman–Crippen LogP) is 1.70. The first kappa shape index (κ1) is 8.96. The molecule has 1 unspecified atom stereocenters. The molecule has 2 N–H and O–H groups in total. The summed E-state index contributed by atoms with van der Waals surface area (Å²) in [7, 11) is 0. The van der Waals surface area contributed by atoms with E-state index in [0.717, 1.165) is 17.0 Å². The summed E-state index contributed by atoms with van der Waals surface area (Å²) in [6, 6.07) is 0. The number of quaternary nitrogens is 1. The van der Waals surface area contributed by atoms with E-state index in [1.165, 1.54) is 0 Å². The van der Waals surface area contributed by atoms with E-state index in [4.69, 9.17) is 5.84 Å². The molecule has 0 aromatic heterocycles. The van der Waals surface area contributed by atoms with Crippen LogP contribution in [0.3, 0.4) is 0 Å². The van der Waals surface area contributed by atoms with E-state index in [0.29, 0.717) is 4.74 Å². The minimum atomic E-state index is 0.0734. The normalized spacial score (nSPS) is 31.3. The van der Waals surface area contributed by atoms with Crippen molar-refractivity contribution >= 4 is 26.9 Å². The third-order valence-corrected chi connectivity index (χ3v) is 3.32. The molecule has 1 atom stereocenters. The zero-order chi connectivity index (χ0) is 10.5. The van der Waals surface area contributed by atoms with Crippen LogP contribution in [0.25, 0.3) is 0 Å². The molecular weight excluding hydrogens is 256 g/mol. The Labute approximate surface area is 95.2 Å². The Morgan fingerprint density at radius 3 is 2.87 bits per heavy atom. The van der Waals surface area contributed by atoms with Gasteiger partial charge in [-0.05, 0) is 0 Å². The van der Waals surface area contributed by atoms with Crippen LogP contribution in [0.5, 0.6) is 0 Å². The van der Waals surface area contributed by atoms with Gasteiger partial charge in [0.15, 0.2) is 0 Å². The SMILES string of the molecule is N[N+]12C=CN=CC1=C(C1=CC=C1)N=C2Br. The van der Waals surface area contributed by atoms with Crippen molar-refractivity contribution in [1.82, 2.24) is 0 Å². The van der Waals surface area contributed by atoms with Gasteiger partial charge in [0.25, 0.3) is 0 Å². The summed E-state index contributed by atoms with van der Waals surface area (Å²) in [4.78, 5) is 8.51. The van der Waals surface area contributed by atoms with Crippen LogP contribution in [0.4, 0.5) is 0 Å². The Balaban J connectivity index is 2.18. The number of halogens is 1. The molecule has 3 aliphatic rings. The third-order valence-electron chi connectivity index (χ3n) is 2.56. The second kappa shape index (κ2) is 2.85. The van der Waals surface area contributed by atoms with Crippen molar-refractivity contribution in [1.29, 1.82) is 0 Å². The molecule has 0 amide bonds. The van der Waals surface area contributed by atoms with Crippen LogP contribution in [0.15, 0.2) is 57.6 Å². The largest absolute Gasteiger partial charge is 0.301 e. The van der Waals surface area contributed by atoms with E-state index < -0.39 is 0 Å². The second-order valence-corrected chi connectivity index (χ2v) is 4.16. The molecular formula is C10H8BrN4+. The smallest absolute Gasteiger partial charge is 0.253 e. The molecule has 0 saturated heterocycles. The van der Waals surface area contributed by atoms with Crippen LogP contribution in [0, 0.1) is 0 Å². The van der Waals surface area contributed by atoms with Crippen molar-refractivity contribution in [2.45, 2.75) is 0 Å². The molecule has 2 aliphatic heterocycles. The van der Waals surface area contributed by atoms with Gasteiger partial charge in [0.2, 0.25) is 5.70 Å². The fourth-order valence-corrected chi connectivity index (χ4v) is 2.11. The maximum Gasteiger partial charge on any atom is 0.301 e. The average molecular weight is 264 g/mol. The number of rotatable bonds is 1. The van der Waals surface area contributed by atoms with Gasteiger partial charge >= 0.3 is 4.74 Å². The standard InChI is InChI=1S/C10H8BrN4/c11-10-14-9(7-2-1-3-7)8-6-13-4-5-15(8,10)12/h1-6H,12H2/q+1. The summed E-state index contributed by atoms with van der Waals surface area (Å²) in [5.74, 6) is 6.19. The summed E-state index contributed by atoms with van der Waals surface area (Å²) < 4.78 is 0.750. The lowest BCUT2D eigenvalue weighted by molar-refractivity contribution is -0.746. The van der Waals surface area contributed by atoms with Gasteiger partial charge in [0.1, 0.15) is 11.9 Å². The van der Waals surface area contributed by atoms with Crippen molar-refractivity contribution in [2.24, 2.45) is 15.8 Å². The fraction of sp³-hybridized carbons (Fsp3) is 0. The maximum atomic E-state index is 6.19. The quantitative estimate of drug-likeness (QED) is 0.437. The lowest BCUT2D eigenvalue weighted by Crippen LogP contribution is -2.50. The van der Waals surface area contributed by atoms with Crippen LogP contribution in [-0.2, 0) is 0 Å². The number of nitrogens with zero attached hydrogens (tertiary/aromatic N) is 3. The minimum Gasteiger partial charge on any atom is -0.253 e. The van der Waals surface area contributed by atoms with Crippen LogP contribution in [0.1, 0.15) is 0 Å². The van der Waals surface area contributed by atoms with Crippen molar-refractivity contribution < 1.29 is 4.59 Å². The highest BCUT2D eigenvalue weighted by molar-refractivity contribution is 9.18. The number of aliphatic imine (C=N–C) groups is 2. The lowest BCUT2D eigenvalue weighted by atomic mass is 10.0. The molecule has 0 fully saturated rings. The Bertz CT molecular complexity index is 522. The number of hydrogen-bond acceptors (Lipinski definition) is 3. The molecule has 0 saturated carbocycles. The zero-order valence-electron chi connectivity index (χ0n) is 7.76. The first-order valence-corrected chi connectivity index (χ1v) is 5.28. The molecule has 0 aromatic carbocycles. The van der Waals surface area contributed by atoms with Gasteiger partial charge in [0, 0.05) is 21.5 Å². The fourth-order valence-electron chi connectivity index (χ4n) is 1.63. The molecule has 2 heterocycles. The summed E-state index contributed by atoms with van der Waals surface area (Å²) in [6.07, 6.45) is 11.2. The number of nitrogens with two attached hydrogens (primary N) is 1. The predicted molar refractivity (Wildman–Crippen MR) is 62.7 cm³/mol. The molecule has 1 aliphatic carbocycles. The van der Waals surface area contributed by atoms with Crippen molar-refractivity contribution in [3.63, 3.8) is 0 Å². The molecule has 4 nitrogen and oxygen atoms in total. The molecule has 5 heteroatoms. The Kier molecular flexibility index (Phi) is 1.70. The molecule has 0 spiro atoms. The monoisotopic (exact) mass is 263 g/mol. The van der Waals surface area contributed by atoms with E-state index in [9.17, 15) is 0 Å². The molecule has 0 aromatic rings. The Morgan fingerprint density at radius 2 is 2.20 bits per heavy atom. The van der Waals surface area contributed by atoms with Crippen LogP contribution >= 0.6 is 15.9 Å². The van der Waals surface area contributed by atoms with Crippen molar-refractivity contribution in [3.8, 4) is 0 Å². The van der Waals surface area contributed by atoms with Gasteiger partial charge in [-0.25, -0.2) is 0 Å². The van der Waals surface area contributed by atoms with Gasteiger partial charge in [-0.15, -0.1) is 4.59 Å². The minimum absolute atomic E-state index is 0.0734. The second-order valence-electron chi connectivity index (χ2n) is 3.45. The van der Waals surface area contributed by atoms with Gasteiger partial charge in [-0.2, -0.15) is 10.8 Å². The number of amidine groups is 1. The van der Waals surface area contributed by atoms with E-state index in [2.05, 4.69) is 25.9 Å². The number of allylic oxidation sites excluding steroid dienone is 4. The van der Waals surface area contributed by atoms with Gasteiger partial charge in [-0.1, -0.05) is 18.2 Å². The summed E-state index contributed by atoms with van der Waals surface area (Å²) in [5, 5.41) is 0. The number of hydrogen-bond donors (Lipinski definition) is 1. The Hall–Kier alpha value is -1.30. The first-order chi connectivity index (χ1) is 7.22. The van der Waals surface area contributed by atoms with E-state index in [-0.39, 0.29) is 4.59 Å².